The molecule has 4 aliphatic rings. The van der Waals surface area contributed by atoms with E-state index in [1.807, 2.05) is 0 Å². The summed E-state index contributed by atoms with van der Waals surface area (Å²) in [5, 5.41) is 0. The summed E-state index contributed by atoms with van der Waals surface area (Å²) in [5.41, 5.74) is 15.8. The van der Waals surface area contributed by atoms with Crippen LogP contribution in [-0.2, 0) is 5.41 Å². The molecule has 0 amide bonds. The van der Waals surface area contributed by atoms with Gasteiger partial charge in [-0.15, -0.1) is 0 Å². The molecule has 1 saturated carbocycles. The molecule has 232 valence electrons. The summed E-state index contributed by atoms with van der Waals surface area (Å²) in [7, 11) is 0. The number of hydrogen-bond donors (Lipinski definition) is 0. The predicted octanol–water partition coefficient (Wildman–Crippen LogP) is 9.51. The highest BCUT2D eigenvalue weighted by Gasteiger charge is 2.62. The fourth-order valence-electron chi connectivity index (χ4n) is 9.87. The second-order valence-electron chi connectivity index (χ2n) is 14.4. The van der Waals surface area contributed by atoms with Gasteiger partial charge < -0.3 is 14.7 Å². The van der Waals surface area contributed by atoms with Crippen LogP contribution in [0.5, 0.6) is 0 Å². The van der Waals surface area contributed by atoms with Gasteiger partial charge in [0, 0.05) is 50.8 Å². The van der Waals surface area contributed by atoms with Crippen LogP contribution < -0.4 is 31.1 Å². The van der Waals surface area contributed by atoms with Crippen molar-refractivity contribution in [1.29, 1.82) is 0 Å². The number of anilines is 8. The first kappa shape index (κ1) is 27.9. The van der Waals surface area contributed by atoms with Crippen molar-refractivity contribution < 1.29 is 0 Å². The van der Waals surface area contributed by atoms with Crippen molar-refractivity contribution in [2.45, 2.75) is 50.5 Å². The van der Waals surface area contributed by atoms with E-state index < -0.39 is 0 Å². The van der Waals surface area contributed by atoms with Crippen LogP contribution in [0.3, 0.4) is 0 Å². The van der Waals surface area contributed by atoms with E-state index in [0.717, 1.165) is 0 Å². The smallest absolute Gasteiger partial charge is 0.252 e. The van der Waals surface area contributed by atoms with Gasteiger partial charge in [0.1, 0.15) is 0 Å². The van der Waals surface area contributed by atoms with Crippen molar-refractivity contribution in [3.63, 3.8) is 0 Å². The maximum Gasteiger partial charge on any atom is 0.252 e. The zero-order valence-corrected chi connectivity index (χ0v) is 27.6. The van der Waals surface area contributed by atoms with E-state index in [4.69, 9.17) is 0 Å². The van der Waals surface area contributed by atoms with E-state index in [1.54, 1.807) is 0 Å². The Balaban J connectivity index is 1.40. The molecule has 1 aliphatic carbocycles. The third-order valence-corrected chi connectivity index (χ3v) is 12.1. The van der Waals surface area contributed by atoms with Crippen LogP contribution in [0.1, 0.15) is 45.1 Å². The summed E-state index contributed by atoms with van der Waals surface area (Å²) in [5.74, 6) is 0. The summed E-state index contributed by atoms with van der Waals surface area (Å²) in [4.78, 5) is 7.90. The van der Waals surface area contributed by atoms with Gasteiger partial charge in [0.25, 0.3) is 6.71 Å². The molecule has 3 nitrogen and oxygen atoms in total. The first-order valence-electron chi connectivity index (χ1n) is 17.5. The number of para-hydroxylation sites is 5. The molecule has 48 heavy (non-hydrogen) atoms. The minimum absolute atomic E-state index is 0.0523. The Morgan fingerprint density at radius 3 is 1.79 bits per heavy atom. The van der Waals surface area contributed by atoms with Crippen LogP contribution in [0.2, 0.25) is 0 Å². The second kappa shape index (κ2) is 10.1. The van der Waals surface area contributed by atoms with Crippen molar-refractivity contribution in [3.05, 3.63) is 151 Å². The Morgan fingerprint density at radius 2 is 1.12 bits per heavy atom. The molecule has 6 aromatic carbocycles. The van der Waals surface area contributed by atoms with Gasteiger partial charge >= 0.3 is 0 Å². The minimum Gasteiger partial charge on any atom is -0.335 e. The molecule has 3 heterocycles. The van der Waals surface area contributed by atoms with E-state index in [9.17, 15) is 0 Å². The lowest BCUT2D eigenvalue weighted by Crippen LogP contribution is -2.64. The molecular weight excluding hydrogens is 581 g/mol. The first-order valence-corrected chi connectivity index (χ1v) is 17.5. The maximum absolute atomic E-state index is 2.82. The molecule has 6 aromatic rings. The van der Waals surface area contributed by atoms with Gasteiger partial charge in [-0.3, -0.25) is 0 Å². The SMILES string of the molecule is CC12CCCCC1(C)N1c3ccccc3B3c4ccccc4N(c4ccccc4)c4cc(N(c5ccccc5)c5ccccc5)c2c1c43. The largest absolute Gasteiger partial charge is 0.335 e. The van der Waals surface area contributed by atoms with Crippen molar-refractivity contribution in [2.75, 3.05) is 14.7 Å². The van der Waals surface area contributed by atoms with Gasteiger partial charge in [0.15, 0.2) is 0 Å². The van der Waals surface area contributed by atoms with Crippen molar-refractivity contribution in [1.82, 2.24) is 0 Å². The molecule has 0 saturated heterocycles. The first-order chi connectivity index (χ1) is 23.6. The van der Waals surface area contributed by atoms with Crippen LogP contribution in [0.25, 0.3) is 0 Å². The highest BCUT2D eigenvalue weighted by atomic mass is 15.3. The molecule has 0 N–H and O–H groups in total. The number of rotatable bonds is 4. The van der Waals surface area contributed by atoms with Crippen molar-refractivity contribution in [2.24, 2.45) is 0 Å². The molecule has 2 atom stereocenters. The van der Waals surface area contributed by atoms with Crippen LogP contribution in [-0.4, -0.2) is 12.3 Å². The van der Waals surface area contributed by atoms with Gasteiger partial charge in [0.2, 0.25) is 0 Å². The van der Waals surface area contributed by atoms with Gasteiger partial charge in [-0.25, -0.2) is 0 Å². The van der Waals surface area contributed by atoms with Crippen LogP contribution in [0, 0.1) is 0 Å². The summed E-state index contributed by atoms with van der Waals surface area (Å²) in [6.07, 6.45) is 4.83. The number of benzene rings is 6. The molecular formula is C44H38BN3. The second-order valence-corrected chi connectivity index (χ2v) is 14.4. The molecule has 0 spiro atoms. The van der Waals surface area contributed by atoms with Gasteiger partial charge in [-0.1, -0.05) is 111 Å². The number of fused-ring (bicyclic) bond motifs is 8. The zero-order valence-electron chi connectivity index (χ0n) is 27.6. The Labute approximate surface area is 284 Å². The van der Waals surface area contributed by atoms with E-state index in [0.29, 0.717) is 0 Å². The Morgan fingerprint density at radius 1 is 0.583 bits per heavy atom. The Hall–Kier alpha value is -5.22. The minimum atomic E-state index is -0.0634. The third-order valence-electron chi connectivity index (χ3n) is 12.1. The van der Waals surface area contributed by atoms with E-state index in [1.165, 1.54) is 93.1 Å². The zero-order chi connectivity index (χ0) is 32.0. The molecule has 0 bridgehead atoms. The Bertz CT molecular complexity index is 2160. The normalized spacial score (nSPS) is 21.2. The van der Waals surface area contributed by atoms with Crippen LogP contribution in [0.15, 0.2) is 146 Å². The number of nitrogens with zero attached hydrogens (tertiary/aromatic N) is 3. The summed E-state index contributed by atoms with van der Waals surface area (Å²) < 4.78 is 0. The van der Waals surface area contributed by atoms with Crippen LogP contribution >= 0.6 is 0 Å². The number of hydrogen-bond acceptors (Lipinski definition) is 3. The highest BCUT2D eigenvalue weighted by Crippen LogP contribution is 2.65. The maximum atomic E-state index is 2.82. The summed E-state index contributed by atoms with van der Waals surface area (Å²) in [6.45, 7) is 5.31. The lowest BCUT2D eigenvalue weighted by molar-refractivity contribution is 0.195. The van der Waals surface area contributed by atoms with Gasteiger partial charge in [-0.2, -0.15) is 0 Å². The predicted molar refractivity (Wildman–Crippen MR) is 203 cm³/mol. The van der Waals surface area contributed by atoms with Crippen LogP contribution in [0.4, 0.5) is 45.5 Å². The molecule has 0 aromatic heterocycles. The molecule has 2 unspecified atom stereocenters. The lowest BCUT2D eigenvalue weighted by Gasteiger charge is -2.52. The average Bonchev–Trinajstić information content (AvgIpc) is 3.36. The fraction of sp³-hybridized carbons (Fsp3) is 0.182. The topological polar surface area (TPSA) is 9.72 Å². The van der Waals surface area contributed by atoms with Gasteiger partial charge in [0.05, 0.1) is 11.2 Å². The van der Waals surface area contributed by atoms with E-state index in [2.05, 4.69) is 174 Å². The van der Waals surface area contributed by atoms with Crippen molar-refractivity contribution in [3.8, 4) is 0 Å². The quantitative estimate of drug-likeness (QED) is 0.182. The molecule has 4 heteroatoms. The van der Waals surface area contributed by atoms with Gasteiger partial charge in [-0.05, 0) is 90.8 Å². The van der Waals surface area contributed by atoms with E-state index in [-0.39, 0.29) is 17.7 Å². The fourth-order valence-corrected chi connectivity index (χ4v) is 9.87. The standard InChI is InChI=1S/C44H38BN3/c1-43-28-16-17-29-44(43,2)48-37-27-15-13-25-35(37)45-34-24-12-14-26-36(34)47(33-22-10-5-11-23-33)39-30-38(40(43)42(48)41(39)45)46(31-18-6-3-7-19-31)32-20-8-4-9-21-32/h3-15,18-27,30H,16-17,28-29H2,1-2H3. The summed E-state index contributed by atoms with van der Waals surface area (Å²) in [6, 6.07) is 54.0. The lowest BCUT2D eigenvalue weighted by atomic mass is 9.33. The highest BCUT2D eigenvalue weighted by molar-refractivity contribution is 7.00. The van der Waals surface area contributed by atoms with Crippen molar-refractivity contribution >= 4 is 68.6 Å². The molecule has 1 fully saturated rings. The third kappa shape index (κ3) is 3.55. The molecule has 3 aliphatic heterocycles. The van der Waals surface area contributed by atoms with E-state index >= 15 is 0 Å². The monoisotopic (exact) mass is 619 g/mol. The Kier molecular flexibility index (Phi) is 5.89. The average molecular weight is 620 g/mol. The summed E-state index contributed by atoms with van der Waals surface area (Å²) >= 11 is 0. The molecule has 10 rings (SSSR count). The molecule has 0 radical (unpaired) electrons.